The lowest BCUT2D eigenvalue weighted by Crippen LogP contribution is -2.40. The second-order valence-electron chi connectivity index (χ2n) is 6.47. The monoisotopic (exact) mass is 420 g/mol. The molecule has 2 aromatic rings. The van der Waals surface area contributed by atoms with Crippen molar-refractivity contribution in [2.75, 3.05) is 31.6 Å². The molecule has 1 fully saturated rings. The van der Waals surface area contributed by atoms with Crippen molar-refractivity contribution < 1.29 is 17.9 Å². The first-order valence-electron chi connectivity index (χ1n) is 9.11. The number of benzene rings is 2. The van der Waals surface area contributed by atoms with Gasteiger partial charge in [-0.25, -0.2) is 8.42 Å². The van der Waals surface area contributed by atoms with E-state index in [0.29, 0.717) is 32.0 Å². The maximum atomic E-state index is 12.6. The second-order valence-corrected chi connectivity index (χ2v) is 9.74. The normalized spacial score (nSPS) is 16.5. The molecule has 0 aromatic heterocycles. The summed E-state index contributed by atoms with van der Waals surface area (Å²) in [6, 6.07) is 16.3. The summed E-state index contributed by atoms with van der Waals surface area (Å²) in [4.78, 5) is 12.6. The minimum Gasteiger partial charge on any atom is -0.379 e. The van der Waals surface area contributed by atoms with Crippen LogP contribution in [-0.4, -0.2) is 50.2 Å². The Morgan fingerprint density at radius 3 is 2.39 bits per heavy atom. The van der Waals surface area contributed by atoms with Gasteiger partial charge in [0.2, 0.25) is 15.9 Å². The van der Waals surface area contributed by atoms with E-state index in [-0.39, 0.29) is 16.1 Å². The molecule has 1 amide bonds. The predicted molar refractivity (Wildman–Crippen MR) is 112 cm³/mol. The fraction of sp³-hybridized carbons (Fsp3) is 0.350. The largest absolute Gasteiger partial charge is 0.379 e. The Labute approximate surface area is 170 Å². The maximum Gasteiger partial charge on any atom is 0.243 e. The van der Waals surface area contributed by atoms with Gasteiger partial charge in [-0.15, -0.1) is 11.8 Å². The predicted octanol–water partition coefficient (Wildman–Crippen LogP) is 2.97. The van der Waals surface area contributed by atoms with Crippen molar-refractivity contribution in [3.8, 4) is 0 Å². The van der Waals surface area contributed by atoms with E-state index in [9.17, 15) is 13.2 Å². The SMILES string of the molecule is C[C@@H](SCc1ccccc1)C(=O)Nc1ccc(S(=O)(=O)N2CCOCC2)cc1. The molecule has 0 bridgehead atoms. The number of anilines is 1. The van der Waals surface area contributed by atoms with Crippen LogP contribution in [0.15, 0.2) is 59.5 Å². The zero-order valence-electron chi connectivity index (χ0n) is 15.7. The van der Waals surface area contributed by atoms with Crippen LogP contribution in [0.3, 0.4) is 0 Å². The Hall–Kier alpha value is -1.87. The van der Waals surface area contributed by atoms with Crippen molar-refractivity contribution in [2.24, 2.45) is 0 Å². The summed E-state index contributed by atoms with van der Waals surface area (Å²) in [6.45, 7) is 3.39. The number of nitrogens with one attached hydrogen (secondary N) is 1. The lowest BCUT2D eigenvalue weighted by Gasteiger charge is -2.26. The number of amides is 1. The Kier molecular flexibility index (Phi) is 7.12. The van der Waals surface area contributed by atoms with Crippen molar-refractivity contribution >= 4 is 33.4 Å². The van der Waals surface area contributed by atoms with E-state index < -0.39 is 10.0 Å². The molecule has 6 nitrogen and oxygen atoms in total. The first-order valence-corrected chi connectivity index (χ1v) is 11.6. The lowest BCUT2D eigenvalue weighted by atomic mass is 10.2. The summed E-state index contributed by atoms with van der Waals surface area (Å²) >= 11 is 1.56. The van der Waals surface area contributed by atoms with Gasteiger partial charge in [-0.05, 0) is 36.8 Å². The van der Waals surface area contributed by atoms with Crippen LogP contribution >= 0.6 is 11.8 Å². The van der Waals surface area contributed by atoms with Crippen LogP contribution in [0.4, 0.5) is 5.69 Å². The number of morpholine rings is 1. The van der Waals surface area contributed by atoms with E-state index in [1.165, 1.54) is 22.0 Å². The number of carbonyl (C=O) groups excluding carboxylic acids is 1. The van der Waals surface area contributed by atoms with Gasteiger partial charge in [-0.1, -0.05) is 30.3 Å². The summed E-state index contributed by atoms with van der Waals surface area (Å²) in [5, 5.41) is 2.62. The molecule has 1 aliphatic heterocycles. The Morgan fingerprint density at radius 2 is 1.75 bits per heavy atom. The molecule has 0 aliphatic carbocycles. The Morgan fingerprint density at radius 1 is 1.11 bits per heavy atom. The number of hydrogen-bond donors (Lipinski definition) is 1. The molecule has 8 heteroatoms. The van der Waals surface area contributed by atoms with Crippen LogP contribution < -0.4 is 5.32 Å². The van der Waals surface area contributed by atoms with E-state index in [4.69, 9.17) is 4.74 Å². The van der Waals surface area contributed by atoms with Crippen LogP contribution in [0, 0.1) is 0 Å². The third-order valence-corrected chi connectivity index (χ3v) is 7.57. The first-order chi connectivity index (χ1) is 13.5. The summed E-state index contributed by atoms with van der Waals surface area (Å²) in [5.41, 5.74) is 1.75. The van der Waals surface area contributed by atoms with Crippen LogP contribution in [0.25, 0.3) is 0 Å². The number of rotatable bonds is 7. The third kappa shape index (κ3) is 5.35. The molecule has 1 saturated heterocycles. The average molecular weight is 421 g/mol. The Balaban J connectivity index is 1.56. The van der Waals surface area contributed by atoms with Gasteiger partial charge in [0.25, 0.3) is 0 Å². The van der Waals surface area contributed by atoms with Crippen molar-refractivity contribution in [3.63, 3.8) is 0 Å². The molecular weight excluding hydrogens is 396 g/mol. The smallest absolute Gasteiger partial charge is 0.243 e. The van der Waals surface area contributed by atoms with Crippen LogP contribution in [0.2, 0.25) is 0 Å². The number of hydrogen-bond acceptors (Lipinski definition) is 5. The summed E-state index contributed by atoms with van der Waals surface area (Å²) in [6.07, 6.45) is 0. The first kappa shape index (κ1) is 20.9. The van der Waals surface area contributed by atoms with Gasteiger partial charge in [0.15, 0.2) is 0 Å². The van der Waals surface area contributed by atoms with Gasteiger partial charge in [0, 0.05) is 24.5 Å². The van der Waals surface area contributed by atoms with Crippen LogP contribution in [0.5, 0.6) is 0 Å². The fourth-order valence-corrected chi connectivity index (χ4v) is 5.01. The molecule has 2 aromatic carbocycles. The standard InChI is InChI=1S/C20H24N2O4S2/c1-16(27-15-17-5-3-2-4-6-17)20(23)21-18-7-9-19(10-8-18)28(24,25)22-11-13-26-14-12-22/h2-10,16H,11-15H2,1H3,(H,21,23)/t16-/m1/s1. The number of ether oxygens (including phenoxy) is 1. The van der Waals surface area contributed by atoms with E-state index in [0.717, 1.165) is 5.75 Å². The van der Waals surface area contributed by atoms with Crippen LogP contribution in [-0.2, 0) is 25.3 Å². The van der Waals surface area contributed by atoms with Gasteiger partial charge < -0.3 is 10.1 Å². The molecule has 3 rings (SSSR count). The average Bonchev–Trinajstić information content (AvgIpc) is 2.73. The van der Waals surface area contributed by atoms with Gasteiger partial charge in [0.05, 0.1) is 23.4 Å². The quantitative estimate of drug-likeness (QED) is 0.745. The fourth-order valence-electron chi connectivity index (χ4n) is 2.76. The van der Waals surface area contributed by atoms with Crippen LogP contribution in [0.1, 0.15) is 12.5 Å². The molecule has 0 spiro atoms. The summed E-state index contributed by atoms with van der Waals surface area (Å²) in [5.74, 6) is 0.649. The second kappa shape index (κ2) is 9.56. The van der Waals surface area contributed by atoms with Crippen molar-refractivity contribution in [1.82, 2.24) is 4.31 Å². The van der Waals surface area contributed by atoms with Crippen molar-refractivity contribution in [1.29, 1.82) is 0 Å². The topological polar surface area (TPSA) is 75.7 Å². The third-order valence-electron chi connectivity index (χ3n) is 4.44. The number of carbonyl (C=O) groups is 1. The number of sulfonamides is 1. The highest BCUT2D eigenvalue weighted by molar-refractivity contribution is 7.99. The minimum absolute atomic E-state index is 0.107. The van der Waals surface area contributed by atoms with E-state index in [2.05, 4.69) is 5.32 Å². The molecule has 0 saturated carbocycles. The van der Waals surface area contributed by atoms with Gasteiger partial charge in [0.1, 0.15) is 0 Å². The number of nitrogens with zero attached hydrogens (tertiary/aromatic N) is 1. The molecule has 1 N–H and O–H groups in total. The summed E-state index contributed by atoms with van der Waals surface area (Å²) in [7, 11) is -3.53. The maximum absolute atomic E-state index is 12.6. The molecule has 0 unspecified atom stereocenters. The molecule has 1 heterocycles. The van der Waals surface area contributed by atoms with Gasteiger partial charge in [-0.3, -0.25) is 4.79 Å². The molecule has 150 valence electrons. The zero-order valence-corrected chi connectivity index (χ0v) is 17.3. The highest BCUT2D eigenvalue weighted by Crippen LogP contribution is 2.22. The Bertz CT molecular complexity index is 880. The summed E-state index contributed by atoms with van der Waals surface area (Å²) < 4.78 is 31.9. The molecule has 28 heavy (non-hydrogen) atoms. The zero-order chi connectivity index (χ0) is 20.0. The molecule has 0 radical (unpaired) electrons. The van der Waals surface area contributed by atoms with E-state index in [1.54, 1.807) is 23.9 Å². The van der Waals surface area contributed by atoms with Crippen molar-refractivity contribution in [3.05, 3.63) is 60.2 Å². The van der Waals surface area contributed by atoms with Gasteiger partial charge in [-0.2, -0.15) is 4.31 Å². The van der Waals surface area contributed by atoms with E-state index >= 15 is 0 Å². The number of thioether (sulfide) groups is 1. The van der Waals surface area contributed by atoms with Gasteiger partial charge >= 0.3 is 0 Å². The molecule has 1 atom stereocenters. The van der Waals surface area contributed by atoms with Crippen molar-refractivity contribution in [2.45, 2.75) is 22.8 Å². The lowest BCUT2D eigenvalue weighted by molar-refractivity contribution is -0.115. The molecular formula is C20H24N2O4S2. The minimum atomic E-state index is -3.53. The van der Waals surface area contributed by atoms with E-state index in [1.807, 2.05) is 37.3 Å². The highest BCUT2D eigenvalue weighted by atomic mass is 32.2. The molecule has 1 aliphatic rings. The highest BCUT2D eigenvalue weighted by Gasteiger charge is 2.26.